The van der Waals surface area contributed by atoms with E-state index in [1.807, 2.05) is 0 Å². The molecule has 2 amide bonds. The predicted octanol–water partition coefficient (Wildman–Crippen LogP) is 1.64. The first kappa shape index (κ1) is 12.8. The Bertz CT molecular complexity index is 581. The van der Waals surface area contributed by atoms with Crippen LogP contribution in [0.1, 0.15) is 24.4 Å². The predicted molar refractivity (Wildman–Crippen MR) is 73.8 cm³/mol. The molecule has 6 heteroatoms. The van der Waals surface area contributed by atoms with Crippen LogP contribution in [0.25, 0.3) is 0 Å². The van der Waals surface area contributed by atoms with E-state index >= 15 is 0 Å². The smallest absolute Gasteiger partial charge is 0.346 e. The van der Waals surface area contributed by atoms with E-state index in [1.165, 1.54) is 7.11 Å². The topological polar surface area (TPSA) is 88.2 Å². The second-order valence-corrected chi connectivity index (χ2v) is 5.25. The maximum Gasteiger partial charge on any atom is 0.346 e. The number of aliphatic imine (C=N–C) groups is 1. The number of rotatable bonds is 4. The van der Waals surface area contributed by atoms with Crippen LogP contribution in [0.2, 0.25) is 0 Å². The summed E-state index contributed by atoms with van der Waals surface area (Å²) in [5, 5.41) is 9.88. The van der Waals surface area contributed by atoms with Crippen LogP contribution in [-0.4, -0.2) is 35.5 Å². The van der Waals surface area contributed by atoms with E-state index in [4.69, 9.17) is 10.5 Å². The fraction of sp³-hybridized carbons (Fsp3) is 0.429. The SMILES string of the molecule is COc1ccc(C2C(N)=NC(=O)N2CC2CC2)cc1O. The van der Waals surface area contributed by atoms with Crippen LogP contribution in [0.5, 0.6) is 11.5 Å². The molecular weight excluding hydrogens is 258 g/mol. The molecule has 1 unspecified atom stereocenters. The number of carbonyl (C=O) groups excluding carboxylic acids is 1. The van der Waals surface area contributed by atoms with Gasteiger partial charge in [0, 0.05) is 6.54 Å². The van der Waals surface area contributed by atoms with E-state index in [0.717, 1.165) is 18.4 Å². The third kappa shape index (κ3) is 2.17. The number of phenols is 1. The fourth-order valence-electron chi connectivity index (χ4n) is 2.50. The van der Waals surface area contributed by atoms with Gasteiger partial charge >= 0.3 is 6.03 Å². The molecule has 0 bridgehead atoms. The highest BCUT2D eigenvalue weighted by Gasteiger charge is 2.38. The normalized spacial score (nSPS) is 22.1. The number of hydrogen-bond donors (Lipinski definition) is 2. The van der Waals surface area contributed by atoms with Crippen molar-refractivity contribution < 1.29 is 14.6 Å². The standard InChI is InChI=1S/C14H17N3O3/c1-20-11-5-4-9(6-10(11)18)12-13(15)16-14(19)17(12)7-8-2-3-8/h4-6,8,12,18H,2-3,7H2,1H3,(H2,15,16,19). The van der Waals surface area contributed by atoms with Crippen LogP contribution in [0.15, 0.2) is 23.2 Å². The third-order valence-corrected chi connectivity index (χ3v) is 3.73. The maximum atomic E-state index is 11.9. The zero-order valence-corrected chi connectivity index (χ0v) is 11.2. The number of nitrogens with zero attached hydrogens (tertiary/aromatic N) is 2. The number of urea groups is 1. The van der Waals surface area contributed by atoms with Gasteiger partial charge in [-0.2, -0.15) is 4.99 Å². The minimum Gasteiger partial charge on any atom is -0.504 e. The molecule has 0 spiro atoms. The number of carbonyl (C=O) groups is 1. The lowest BCUT2D eigenvalue weighted by atomic mass is 10.0. The van der Waals surface area contributed by atoms with E-state index in [-0.39, 0.29) is 23.7 Å². The van der Waals surface area contributed by atoms with Gasteiger partial charge in [-0.05, 0) is 36.5 Å². The number of ether oxygens (including phenoxy) is 1. The van der Waals surface area contributed by atoms with E-state index in [0.29, 0.717) is 18.2 Å². The molecule has 20 heavy (non-hydrogen) atoms. The molecule has 0 saturated heterocycles. The number of phenolic OH excluding ortho intramolecular Hbond substituents is 1. The van der Waals surface area contributed by atoms with Gasteiger partial charge in [0.05, 0.1) is 7.11 Å². The monoisotopic (exact) mass is 275 g/mol. The zero-order chi connectivity index (χ0) is 14.3. The Morgan fingerprint density at radius 3 is 2.85 bits per heavy atom. The average Bonchev–Trinajstić information content (AvgIpc) is 3.17. The molecule has 1 fully saturated rings. The van der Waals surface area contributed by atoms with Gasteiger partial charge in [0.2, 0.25) is 0 Å². The molecule has 1 aromatic carbocycles. The van der Waals surface area contributed by atoms with Gasteiger partial charge in [-0.1, -0.05) is 6.07 Å². The minimum absolute atomic E-state index is 0.0310. The highest BCUT2D eigenvalue weighted by Crippen LogP contribution is 2.37. The van der Waals surface area contributed by atoms with Crippen LogP contribution in [0, 0.1) is 5.92 Å². The maximum absolute atomic E-state index is 11.9. The van der Waals surface area contributed by atoms with Crippen molar-refractivity contribution in [1.29, 1.82) is 0 Å². The lowest BCUT2D eigenvalue weighted by Gasteiger charge is -2.24. The van der Waals surface area contributed by atoms with Crippen molar-refractivity contribution in [2.24, 2.45) is 16.6 Å². The highest BCUT2D eigenvalue weighted by molar-refractivity contribution is 6.03. The van der Waals surface area contributed by atoms with Crippen molar-refractivity contribution in [3.8, 4) is 11.5 Å². The Kier molecular flexibility index (Phi) is 3.00. The van der Waals surface area contributed by atoms with Crippen LogP contribution in [0.3, 0.4) is 0 Å². The molecule has 106 valence electrons. The molecule has 2 aliphatic rings. The summed E-state index contributed by atoms with van der Waals surface area (Å²) in [6.45, 7) is 0.667. The molecule has 0 radical (unpaired) electrons. The van der Waals surface area contributed by atoms with Crippen molar-refractivity contribution in [3.05, 3.63) is 23.8 Å². The molecule has 1 aliphatic heterocycles. The van der Waals surface area contributed by atoms with Crippen molar-refractivity contribution in [2.45, 2.75) is 18.9 Å². The molecule has 1 heterocycles. The van der Waals surface area contributed by atoms with Gasteiger partial charge in [-0.15, -0.1) is 0 Å². The van der Waals surface area contributed by atoms with Crippen molar-refractivity contribution >= 4 is 11.9 Å². The quantitative estimate of drug-likeness (QED) is 0.874. The third-order valence-electron chi connectivity index (χ3n) is 3.73. The largest absolute Gasteiger partial charge is 0.504 e. The molecule has 3 rings (SSSR count). The molecule has 1 atom stereocenters. The Balaban J connectivity index is 1.91. The first-order chi connectivity index (χ1) is 9.60. The highest BCUT2D eigenvalue weighted by atomic mass is 16.5. The summed E-state index contributed by atoms with van der Waals surface area (Å²) in [6, 6.07) is 4.35. The Hall–Kier alpha value is -2.24. The van der Waals surface area contributed by atoms with Crippen LogP contribution in [0.4, 0.5) is 4.79 Å². The first-order valence-corrected chi connectivity index (χ1v) is 6.61. The summed E-state index contributed by atoms with van der Waals surface area (Å²) in [6.07, 6.45) is 2.29. The van der Waals surface area contributed by atoms with Gasteiger partial charge in [0.1, 0.15) is 11.9 Å². The Morgan fingerprint density at radius 2 is 2.25 bits per heavy atom. The Morgan fingerprint density at radius 1 is 1.50 bits per heavy atom. The van der Waals surface area contributed by atoms with Crippen LogP contribution < -0.4 is 10.5 Å². The summed E-state index contributed by atoms with van der Waals surface area (Å²) in [5.74, 6) is 1.25. The van der Waals surface area contributed by atoms with Gasteiger partial charge in [0.25, 0.3) is 0 Å². The molecular formula is C14H17N3O3. The van der Waals surface area contributed by atoms with Gasteiger partial charge in [-0.3, -0.25) is 0 Å². The van der Waals surface area contributed by atoms with E-state index in [1.54, 1.807) is 23.1 Å². The second kappa shape index (κ2) is 4.70. The molecule has 0 aromatic heterocycles. The van der Waals surface area contributed by atoms with E-state index < -0.39 is 0 Å². The van der Waals surface area contributed by atoms with Crippen LogP contribution in [-0.2, 0) is 0 Å². The van der Waals surface area contributed by atoms with E-state index in [2.05, 4.69) is 4.99 Å². The number of aromatic hydroxyl groups is 1. The van der Waals surface area contributed by atoms with Crippen molar-refractivity contribution in [1.82, 2.24) is 4.90 Å². The zero-order valence-electron chi connectivity index (χ0n) is 11.2. The summed E-state index contributed by atoms with van der Waals surface area (Å²) < 4.78 is 5.02. The van der Waals surface area contributed by atoms with Crippen molar-refractivity contribution in [3.63, 3.8) is 0 Å². The molecule has 6 nitrogen and oxygen atoms in total. The number of nitrogens with two attached hydrogens (primary N) is 1. The summed E-state index contributed by atoms with van der Waals surface area (Å²) in [5.41, 5.74) is 6.63. The second-order valence-electron chi connectivity index (χ2n) is 5.25. The summed E-state index contributed by atoms with van der Waals surface area (Å²) in [7, 11) is 1.49. The van der Waals surface area contributed by atoms with E-state index in [9.17, 15) is 9.90 Å². The fourth-order valence-corrected chi connectivity index (χ4v) is 2.50. The number of hydrogen-bond acceptors (Lipinski definition) is 4. The Labute approximate surface area is 116 Å². The lowest BCUT2D eigenvalue weighted by molar-refractivity contribution is 0.203. The molecule has 3 N–H and O–H groups in total. The number of benzene rings is 1. The van der Waals surface area contributed by atoms with Crippen molar-refractivity contribution in [2.75, 3.05) is 13.7 Å². The molecule has 1 aliphatic carbocycles. The van der Waals surface area contributed by atoms with Gasteiger partial charge < -0.3 is 20.5 Å². The summed E-state index contributed by atoms with van der Waals surface area (Å²) >= 11 is 0. The van der Waals surface area contributed by atoms with Crippen LogP contribution >= 0.6 is 0 Å². The average molecular weight is 275 g/mol. The number of amidine groups is 1. The van der Waals surface area contributed by atoms with Gasteiger partial charge in [-0.25, -0.2) is 4.79 Å². The first-order valence-electron chi connectivity index (χ1n) is 6.61. The number of amides is 2. The lowest BCUT2D eigenvalue weighted by Crippen LogP contribution is -2.34. The van der Waals surface area contributed by atoms with Gasteiger partial charge in [0.15, 0.2) is 11.5 Å². The molecule has 1 aromatic rings. The number of methoxy groups -OCH3 is 1. The molecule has 1 saturated carbocycles. The minimum atomic E-state index is -0.389. The summed E-state index contributed by atoms with van der Waals surface area (Å²) in [4.78, 5) is 17.4.